The molecule has 5 nitrogen and oxygen atoms in total. The highest BCUT2D eigenvalue weighted by molar-refractivity contribution is 7.14. The van der Waals surface area contributed by atoms with Gasteiger partial charge < -0.3 is 15.0 Å². The highest BCUT2D eigenvalue weighted by atomic mass is 35.5. The van der Waals surface area contributed by atoms with Crippen LogP contribution >= 0.6 is 22.9 Å². The van der Waals surface area contributed by atoms with Gasteiger partial charge in [-0.1, -0.05) is 11.6 Å². The molecule has 0 radical (unpaired) electrons. The lowest BCUT2D eigenvalue weighted by molar-refractivity contribution is 0.119. The van der Waals surface area contributed by atoms with E-state index in [4.69, 9.17) is 21.3 Å². The first-order chi connectivity index (χ1) is 13.2. The van der Waals surface area contributed by atoms with E-state index >= 15 is 0 Å². The van der Waals surface area contributed by atoms with Crippen molar-refractivity contribution in [2.75, 3.05) is 45.7 Å². The molecule has 0 aliphatic carbocycles. The summed E-state index contributed by atoms with van der Waals surface area (Å²) in [7, 11) is 3.99. The van der Waals surface area contributed by atoms with Crippen LogP contribution in [0.15, 0.2) is 34.6 Å². The first kappa shape index (κ1) is 18.7. The van der Waals surface area contributed by atoms with E-state index in [-0.39, 0.29) is 0 Å². The molecule has 0 unspecified atom stereocenters. The van der Waals surface area contributed by atoms with Gasteiger partial charge in [0.15, 0.2) is 0 Å². The van der Waals surface area contributed by atoms with Crippen molar-refractivity contribution < 1.29 is 4.74 Å². The number of nitrogens with zero attached hydrogens (tertiary/aromatic N) is 3. The second-order valence-electron chi connectivity index (χ2n) is 7.10. The molecule has 7 heteroatoms. The SMILES string of the molecule is COCCC[C@H]1CN(C2=Nc3cc(Cl)ccc3Nc3sccc32)CCN1C. The number of hydrogen-bond acceptors (Lipinski definition) is 6. The van der Waals surface area contributed by atoms with Crippen molar-refractivity contribution >= 4 is 45.1 Å². The number of nitrogens with one attached hydrogen (secondary N) is 1. The first-order valence-corrected chi connectivity index (χ1v) is 10.6. The number of rotatable bonds is 4. The van der Waals surface area contributed by atoms with Crippen molar-refractivity contribution in [1.82, 2.24) is 9.80 Å². The van der Waals surface area contributed by atoms with Crippen LogP contribution in [0.2, 0.25) is 5.02 Å². The Kier molecular flexibility index (Phi) is 5.68. The van der Waals surface area contributed by atoms with Crippen LogP contribution < -0.4 is 5.32 Å². The van der Waals surface area contributed by atoms with Crippen LogP contribution in [-0.2, 0) is 4.74 Å². The van der Waals surface area contributed by atoms with Gasteiger partial charge in [-0.2, -0.15) is 0 Å². The van der Waals surface area contributed by atoms with Crippen LogP contribution in [0.1, 0.15) is 18.4 Å². The first-order valence-electron chi connectivity index (χ1n) is 9.33. The van der Waals surface area contributed by atoms with Crippen LogP contribution in [-0.4, -0.2) is 62.1 Å². The van der Waals surface area contributed by atoms with Crippen LogP contribution in [0.4, 0.5) is 16.4 Å². The number of halogens is 1. The van der Waals surface area contributed by atoms with Gasteiger partial charge in [0.25, 0.3) is 0 Å². The van der Waals surface area contributed by atoms with E-state index in [0.717, 1.165) is 61.3 Å². The van der Waals surface area contributed by atoms with Gasteiger partial charge in [-0.25, -0.2) is 4.99 Å². The molecular weight excluding hydrogens is 380 g/mol. The van der Waals surface area contributed by atoms with E-state index in [1.807, 2.05) is 18.2 Å². The van der Waals surface area contributed by atoms with E-state index in [9.17, 15) is 0 Å². The zero-order valence-electron chi connectivity index (χ0n) is 15.7. The molecule has 144 valence electrons. The van der Waals surface area contributed by atoms with E-state index in [0.29, 0.717) is 11.1 Å². The van der Waals surface area contributed by atoms with E-state index in [1.54, 1.807) is 18.4 Å². The maximum atomic E-state index is 6.24. The summed E-state index contributed by atoms with van der Waals surface area (Å²) in [5.41, 5.74) is 3.08. The maximum Gasteiger partial charge on any atom is 0.139 e. The molecule has 0 spiro atoms. The maximum absolute atomic E-state index is 6.24. The molecule has 2 aromatic rings. The van der Waals surface area contributed by atoms with Crippen LogP contribution in [0, 0.1) is 0 Å². The summed E-state index contributed by atoms with van der Waals surface area (Å²) < 4.78 is 5.24. The van der Waals surface area contributed by atoms with Gasteiger partial charge >= 0.3 is 0 Å². The van der Waals surface area contributed by atoms with Crippen molar-refractivity contribution in [1.29, 1.82) is 0 Å². The van der Waals surface area contributed by atoms with Gasteiger partial charge in [-0.15, -0.1) is 11.3 Å². The zero-order chi connectivity index (χ0) is 18.8. The standard InChI is InChI=1S/C20H25ClN4OS/c1-24-8-9-25(13-15(24)4-3-10-26-2)19-16-7-11-27-20(16)23-17-6-5-14(21)12-18(17)22-19/h5-7,11-12,15,23H,3-4,8-10,13H2,1-2H3/t15-/m0/s1. The number of fused-ring (bicyclic) bond motifs is 2. The van der Waals surface area contributed by atoms with Crippen molar-refractivity contribution in [3.63, 3.8) is 0 Å². The summed E-state index contributed by atoms with van der Waals surface area (Å²) >= 11 is 7.95. The lowest BCUT2D eigenvalue weighted by Gasteiger charge is -2.41. The molecule has 0 bridgehead atoms. The third-order valence-corrected chi connectivity index (χ3v) is 6.37. The third kappa shape index (κ3) is 3.99. The van der Waals surface area contributed by atoms with Gasteiger partial charge in [-0.3, -0.25) is 4.90 Å². The van der Waals surface area contributed by atoms with Crippen molar-refractivity contribution in [3.05, 3.63) is 40.2 Å². The molecule has 3 heterocycles. The Morgan fingerprint density at radius 1 is 1.33 bits per heavy atom. The molecular formula is C20H25ClN4OS. The number of amidine groups is 1. The van der Waals surface area contributed by atoms with Crippen molar-refractivity contribution in [2.45, 2.75) is 18.9 Å². The predicted molar refractivity (Wildman–Crippen MR) is 114 cm³/mol. The molecule has 0 amide bonds. The van der Waals surface area contributed by atoms with E-state index in [1.165, 1.54) is 5.56 Å². The van der Waals surface area contributed by atoms with E-state index in [2.05, 4.69) is 33.6 Å². The molecule has 1 atom stereocenters. The fourth-order valence-corrected chi connectivity index (χ4v) is 4.70. The molecule has 2 aliphatic heterocycles. The minimum Gasteiger partial charge on any atom is -0.385 e. The number of anilines is 2. The Morgan fingerprint density at radius 3 is 3.07 bits per heavy atom. The number of methoxy groups -OCH3 is 1. The second-order valence-corrected chi connectivity index (χ2v) is 8.45. The lowest BCUT2D eigenvalue weighted by Crippen LogP contribution is -2.53. The van der Waals surface area contributed by atoms with Gasteiger partial charge in [0.05, 0.1) is 16.9 Å². The smallest absolute Gasteiger partial charge is 0.139 e. The Hall–Kier alpha value is -1.60. The van der Waals surface area contributed by atoms with Gasteiger partial charge in [-0.05, 0) is 49.5 Å². The molecule has 27 heavy (non-hydrogen) atoms. The Morgan fingerprint density at radius 2 is 2.22 bits per heavy atom. The highest BCUT2D eigenvalue weighted by Gasteiger charge is 2.29. The average molecular weight is 405 g/mol. The van der Waals surface area contributed by atoms with Crippen molar-refractivity contribution in [3.8, 4) is 0 Å². The van der Waals surface area contributed by atoms with Gasteiger partial charge in [0, 0.05) is 44.4 Å². The Bertz CT molecular complexity index is 837. The molecule has 4 rings (SSSR count). The summed E-state index contributed by atoms with van der Waals surface area (Å²) in [5.74, 6) is 1.05. The minimum absolute atomic E-state index is 0.508. The number of aliphatic imine (C=N–C) groups is 1. The second kappa shape index (κ2) is 8.19. The topological polar surface area (TPSA) is 40.1 Å². The molecule has 2 aliphatic rings. The van der Waals surface area contributed by atoms with Crippen LogP contribution in [0.5, 0.6) is 0 Å². The number of likely N-dealkylation sites (N-methyl/N-ethyl adjacent to an activating group) is 1. The molecule has 1 saturated heterocycles. The zero-order valence-corrected chi connectivity index (χ0v) is 17.3. The largest absolute Gasteiger partial charge is 0.385 e. The summed E-state index contributed by atoms with van der Waals surface area (Å²) in [6.45, 7) is 3.80. The summed E-state index contributed by atoms with van der Waals surface area (Å²) in [4.78, 5) is 9.94. The number of hydrogen-bond donors (Lipinski definition) is 1. The summed E-state index contributed by atoms with van der Waals surface area (Å²) in [6.07, 6.45) is 2.21. The fraction of sp³-hybridized carbons (Fsp3) is 0.450. The van der Waals surface area contributed by atoms with Gasteiger partial charge in [0.2, 0.25) is 0 Å². The fourth-order valence-electron chi connectivity index (χ4n) is 3.74. The molecule has 0 saturated carbocycles. The van der Waals surface area contributed by atoms with Crippen LogP contribution in [0.25, 0.3) is 0 Å². The Labute approximate surface area is 169 Å². The van der Waals surface area contributed by atoms with Crippen molar-refractivity contribution in [2.24, 2.45) is 4.99 Å². The van der Waals surface area contributed by atoms with Crippen LogP contribution in [0.3, 0.4) is 0 Å². The van der Waals surface area contributed by atoms with E-state index < -0.39 is 0 Å². The summed E-state index contributed by atoms with van der Waals surface area (Å²) in [6, 6.07) is 8.52. The van der Waals surface area contributed by atoms with Gasteiger partial charge in [0.1, 0.15) is 10.8 Å². The average Bonchev–Trinajstić information content (AvgIpc) is 3.05. The number of piperazine rings is 1. The predicted octanol–water partition coefficient (Wildman–Crippen LogP) is 4.58. The third-order valence-electron chi connectivity index (χ3n) is 5.30. The quantitative estimate of drug-likeness (QED) is 0.757. The normalized spacial score (nSPS) is 19.7. The molecule has 1 aromatic heterocycles. The number of ether oxygens (including phenoxy) is 1. The number of benzene rings is 1. The molecule has 1 N–H and O–H groups in total. The summed E-state index contributed by atoms with van der Waals surface area (Å²) in [5, 5.41) is 7.51. The lowest BCUT2D eigenvalue weighted by atomic mass is 10.1. The monoisotopic (exact) mass is 404 g/mol. The molecule has 1 fully saturated rings. The number of thiophene rings is 1. The highest BCUT2D eigenvalue weighted by Crippen LogP contribution is 2.39. The Balaban J connectivity index is 1.64. The molecule has 1 aromatic carbocycles. The minimum atomic E-state index is 0.508.